The van der Waals surface area contributed by atoms with E-state index in [0.717, 1.165) is 32.4 Å². The Hall–Kier alpha value is -0.610. The van der Waals surface area contributed by atoms with E-state index in [0.29, 0.717) is 30.8 Å². The molecule has 2 N–H and O–H groups in total. The van der Waals surface area contributed by atoms with Crippen molar-refractivity contribution >= 4 is 5.91 Å². The Morgan fingerprint density at radius 1 is 1.41 bits per heavy atom. The first kappa shape index (κ1) is 14.5. The lowest BCUT2D eigenvalue weighted by atomic mass is 10.0. The van der Waals surface area contributed by atoms with Gasteiger partial charge in [0, 0.05) is 25.6 Å². The zero-order valence-corrected chi connectivity index (χ0v) is 11.5. The van der Waals surface area contributed by atoms with Crippen LogP contribution in [0, 0.1) is 5.92 Å². The van der Waals surface area contributed by atoms with Crippen molar-refractivity contribution in [1.82, 2.24) is 9.80 Å². The summed E-state index contributed by atoms with van der Waals surface area (Å²) in [7, 11) is 4.23. The summed E-state index contributed by atoms with van der Waals surface area (Å²) in [4.78, 5) is 16.2. The highest BCUT2D eigenvalue weighted by Crippen LogP contribution is 2.16. The molecule has 1 unspecified atom stereocenters. The van der Waals surface area contributed by atoms with Gasteiger partial charge in [-0.3, -0.25) is 4.79 Å². The largest absolute Gasteiger partial charge is 0.343 e. The smallest absolute Gasteiger partial charge is 0.222 e. The first-order valence-corrected chi connectivity index (χ1v) is 6.68. The zero-order chi connectivity index (χ0) is 12.8. The van der Waals surface area contributed by atoms with Crippen LogP contribution in [0.5, 0.6) is 0 Å². The molecule has 0 aliphatic carbocycles. The van der Waals surface area contributed by atoms with Crippen molar-refractivity contribution < 1.29 is 4.79 Å². The Balaban J connectivity index is 2.26. The molecule has 0 bridgehead atoms. The fraction of sp³-hybridized carbons (Fsp3) is 0.923. The third kappa shape index (κ3) is 4.64. The zero-order valence-electron chi connectivity index (χ0n) is 11.5. The second-order valence-electron chi connectivity index (χ2n) is 5.46. The highest BCUT2D eigenvalue weighted by molar-refractivity contribution is 5.76. The van der Waals surface area contributed by atoms with Gasteiger partial charge < -0.3 is 15.5 Å². The van der Waals surface area contributed by atoms with Gasteiger partial charge in [0.25, 0.3) is 0 Å². The lowest BCUT2D eigenvalue weighted by Crippen LogP contribution is -2.44. The maximum atomic E-state index is 12.0. The number of rotatable bonds is 5. The Labute approximate surface area is 105 Å². The molecule has 0 spiro atoms. The lowest BCUT2D eigenvalue weighted by molar-refractivity contribution is -0.132. The van der Waals surface area contributed by atoms with Crippen LogP contribution >= 0.6 is 0 Å². The topological polar surface area (TPSA) is 49.6 Å². The van der Waals surface area contributed by atoms with Gasteiger partial charge in [0.1, 0.15) is 0 Å². The van der Waals surface area contributed by atoms with Crippen molar-refractivity contribution in [3.05, 3.63) is 0 Å². The Bertz CT molecular complexity index is 235. The number of hydrogen-bond acceptors (Lipinski definition) is 3. The third-order valence-electron chi connectivity index (χ3n) is 3.80. The van der Waals surface area contributed by atoms with Gasteiger partial charge in [-0.05, 0) is 45.8 Å². The van der Waals surface area contributed by atoms with E-state index in [1.807, 2.05) is 4.90 Å². The molecule has 0 saturated carbocycles. The van der Waals surface area contributed by atoms with Crippen LogP contribution in [0.3, 0.4) is 0 Å². The molecule has 1 amide bonds. The second-order valence-corrected chi connectivity index (χ2v) is 5.46. The number of piperidine rings is 1. The molecule has 0 aromatic carbocycles. The minimum absolute atomic E-state index is 0.308. The second kappa shape index (κ2) is 6.97. The van der Waals surface area contributed by atoms with Crippen LogP contribution in [0.4, 0.5) is 0 Å². The summed E-state index contributed by atoms with van der Waals surface area (Å²) in [6.07, 6.45) is 3.78. The standard InChI is InChI=1S/C13H27N3O/c1-11(10-14)4-5-13(17)16-8-6-12(7-9-16)15(2)3/h11-12H,4-10,14H2,1-3H3. The molecule has 0 radical (unpaired) electrons. The van der Waals surface area contributed by atoms with Crippen molar-refractivity contribution in [3.63, 3.8) is 0 Å². The van der Waals surface area contributed by atoms with Crippen LogP contribution < -0.4 is 5.73 Å². The molecule has 1 fully saturated rings. The van der Waals surface area contributed by atoms with Crippen molar-refractivity contribution in [2.45, 2.75) is 38.6 Å². The van der Waals surface area contributed by atoms with Crippen molar-refractivity contribution in [2.24, 2.45) is 11.7 Å². The first-order chi connectivity index (χ1) is 8.04. The fourth-order valence-electron chi connectivity index (χ4n) is 2.28. The van der Waals surface area contributed by atoms with Gasteiger partial charge in [-0.2, -0.15) is 0 Å². The van der Waals surface area contributed by atoms with Crippen molar-refractivity contribution in [1.29, 1.82) is 0 Å². The molecule has 1 saturated heterocycles. The molecule has 1 rings (SSSR count). The van der Waals surface area contributed by atoms with E-state index in [1.54, 1.807) is 0 Å². The molecule has 0 aromatic rings. The van der Waals surface area contributed by atoms with Gasteiger partial charge in [0.2, 0.25) is 5.91 Å². The summed E-state index contributed by atoms with van der Waals surface area (Å²) in [5, 5.41) is 0. The predicted octanol–water partition coefficient (Wildman–Crippen LogP) is 0.914. The van der Waals surface area contributed by atoms with E-state index in [-0.39, 0.29) is 0 Å². The van der Waals surface area contributed by atoms with Gasteiger partial charge in [0.15, 0.2) is 0 Å². The van der Waals surface area contributed by atoms with Crippen LogP contribution in [0.15, 0.2) is 0 Å². The number of amides is 1. The SMILES string of the molecule is CC(CN)CCC(=O)N1CCC(N(C)C)CC1. The van der Waals surface area contributed by atoms with Crippen LogP contribution in [0.25, 0.3) is 0 Å². The quantitative estimate of drug-likeness (QED) is 0.778. The van der Waals surface area contributed by atoms with Crippen LogP contribution in [-0.4, -0.2) is 55.5 Å². The first-order valence-electron chi connectivity index (χ1n) is 6.68. The van der Waals surface area contributed by atoms with E-state index < -0.39 is 0 Å². The van der Waals surface area contributed by atoms with Crippen LogP contribution in [0.1, 0.15) is 32.6 Å². The average molecular weight is 241 g/mol. The molecular weight excluding hydrogens is 214 g/mol. The molecule has 4 heteroatoms. The highest BCUT2D eigenvalue weighted by Gasteiger charge is 2.23. The summed E-state index contributed by atoms with van der Waals surface area (Å²) in [5.41, 5.74) is 5.56. The average Bonchev–Trinajstić information content (AvgIpc) is 2.35. The van der Waals surface area contributed by atoms with Crippen LogP contribution in [0.2, 0.25) is 0 Å². The molecule has 1 aliphatic rings. The number of carbonyl (C=O) groups excluding carboxylic acids is 1. The summed E-state index contributed by atoms with van der Waals surface area (Å²) >= 11 is 0. The lowest BCUT2D eigenvalue weighted by Gasteiger charge is -2.35. The van der Waals surface area contributed by atoms with Gasteiger partial charge in [-0.25, -0.2) is 0 Å². The normalized spacial score (nSPS) is 19.7. The molecule has 17 heavy (non-hydrogen) atoms. The van der Waals surface area contributed by atoms with E-state index in [9.17, 15) is 4.79 Å². The molecule has 1 aliphatic heterocycles. The maximum absolute atomic E-state index is 12.0. The van der Waals surface area contributed by atoms with E-state index in [4.69, 9.17) is 5.73 Å². The van der Waals surface area contributed by atoms with Crippen LogP contribution in [-0.2, 0) is 4.79 Å². The number of carbonyl (C=O) groups is 1. The summed E-state index contributed by atoms with van der Waals surface area (Å²) < 4.78 is 0. The molecule has 1 atom stereocenters. The minimum Gasteiger partial charge on any atom is -0.343 e. The van der Waals surface area contributed by atoms with Gasteiger partial charge >= 0.3 is 0 Å². The number of likely N-dealkylation sites (tertiary alicyclic amines) is 1. The molecule has 4 nitrogen and oxygen atoms in total. The maximum Gasteiger partial charge on any atom is 0.222 e. The summed E-state index contributed by atoms with van der Waals surface area (Å²) in [5.74, 6) is 0.765. The Morgan fingerprint density at radius 2 is 2.00 bits per heavy atom. The Morgan fingerprint density at radius 3 is 2.47 bits per heavy atom. The third-order valence-corrected chi connectivity index (χ3v) is 3.80. The number of nitrogens with zero attached hydrogens (tertiary/aromatic N) is 2. The summed E-state index contributed by atoms with van der Waals surface area (Å²) in [6.45, 7) is 4.61. The highest BCUT2D eigenvalue weighted by atomic mass is 16.2. The van der Waals surface area contributed by atoms with Gasteiger partial charge in [-0.15, -0.1) is 0 Å². The molecule has 1 heterocycles. The van der Waals surface area contributed by atoms with Gasteiger partial charge in [-0.1, -0.05) is 6.92 Å². The van der Waals surface area contributed by atoms with E-state index >= 15 is 0 Å². The number of nitrogens with two attached hydrogens (primary N) is 1. The summed E-state index contributed by atoms with van der Waals surface area (Å²) in [6, 6.07) is 0.641. The van der Waals surface area contributed by atoms with Gasteiger partial charge in [0.05, 0.1) is 0 Å². The fourth-order valence-corrected chi connectivity index (χ4v) is 2.28. The molecule has 100 valence electrons. The molecule has 0 aromatic heterocycles. The monoisotopic (exact) mass is 241 g/mol. The van der Waals surface area contributed by atoms with E-state index in [2.05, 4.69) is 25.9 Å². The van der Waals surface area contributed by atoms with E-state index in [1.165, 1.54) is 0 Å². The Kier molecular flexibility index (Phi) is 5.92. The molecular formula is C13H27N3O. The van der Waals surface area contributed by atoms with Crippen molar-refractivity contribution in [2.75, 3.05) is 33.7 Å². The number of hydrogen-bond donors (Lipinski definition) is 1. The van der Waals surface area contributed by atoms with Crippen molar-refractivity contribution in [3.8, 4) is 0 Å². The minimum atomic E-state index is 0.308. The predicted molar refractivity (Wildman–Crippen MR) is 70.7 cm³/mol.